The minimum atomic E-state index is -1.12. The summed E-state index contributed by atoms with van der Waals surface area (Å²) in [4.78, 5) is 37.8. The Bertz CT molecular complexity index is 804. The number of benzene rings is 1. The minimum Gasteiger partial charge on any atom is -0.449 e. The molecule has 2 N–H and O–H groups in total. The Hall–Kier alpha value is -2.31. The van der Waals surface area contributed by atoms with Crippen LogP contribution in [0.3, 0.4) is 0 Å². The Morgan fingerprint density at radius 2 is 2.00 bits per heavy atom. The zero-order valence-corrected chi connectivity index (χ0v) is 13.4. The number of hydrogen-bond donors (Lipinski definition) is 2. The number of amides is 1. The van der Waals surface area contributed by atoms with Gasteiger partial charge < -0.3 is 15.0 Å². The Morgan fingerprint density at radius 3 is 2.65 bits per heavy atom. The van der Waals surface area contributed by atoms with Crippen molar-refractivity contribution >= 4 is 40.8 Å². The van der Waals surface area contributed by atoms with Crippen LogP contribution in [0.25, 0.3) is 0 Å². The van der Waals surface area contributed by atoms with E-state index in [4.69, 9.17) is 27.9 Å². The van der Waals surface area contributed by atoms with Crippen LogP contribution in [0, 0.1) is 0 Å². The molecule has 0 spiro atoms. The predicted molar refractivity (Wildman–Crippen MR) is 87.0 cm³/mol. The number of pyridine rings is 1. The predicted octanol–water partition coefficient (Wildman–Crippen LogP) is 2.87. The van der Waals surface area contributed by atoms with E-state index in [1.54, 1.807) is 6.07 Å². The summed E-state index contributed by atoms with van der Waals surface area (Å²) in [5.74, 6) is -1.48. The molecule has 0 unspecified atom stereocenters. The van der Waals surface area contributed by atoms with Crippen molar-refractivity contribution in [1.29, 1.82) is 0 Å². The molecule has 1 atom stereocenters. The summed E-state index contributed by atoms with van der Waals surface area (Å²) in [5, 5.41) is 3.20. The monoisotopic (exact) mass is 354 g/mol. The third kappa shape index (κ3) is 4.34. The number of H-pyrrole nitrogens is 1. The first kappa shape index (κ1) is 17.1. The standard InChI is InChI=1S/C15H12Cl2N2O4/c1-8(23-15(22)10-3-2-6-18-14(10)21)13(20)19-12-5-4-9(16)7-11(12)17/h2-8H,1H3,(H,18,21)(H,19,20)/t8-/m1/s1. The number of carbonyl (C=O) groups excluding carboxylic acids is 2. The number of halogens is 2. The van der Waals surface area contributed by atoms with Gasteiger partial charge in [-0.05, 0) is 37.3 Å². The maximum atomic E-state index is 12.0. The second-order valence-corrected chi connectivity index (χ2v) is 5.42. The number of rotatable bonds is 4. The SMILES string of the molecule is C[C@@H](OC(=O)c1ccc[nH]c1=O)C(=O)Nc1ccc(Cl)cc1Cl. The molecule has 23 heavy (non-hydrogen) atoms. The molecule has 0 radical (unpaired) electrons. The molecule has 6 nitrogen and oxygen atoms in total. The van der Waals surface area contributed by atoms with Gasteiger partial charge in [-0.3, -0.25) is 9.59 Å². The smallest absolute Gasteiger partial charge is 0.344 e. The fourth-order valence-corrected chi connectivity index (χ4v) is 2.14. The van der Waals surface area contributed by atoms with E-state index in [9.17, 15) is 14.4 Å². The van der Waals surface area contributed by atoms with Crippen LogP contribution in [0.5, 0.6) is 0 Å². The normalized spacial score (nSPS) is 11.6. The third-order valence-corrected chi connectivity index (χ3v) is 3.43. The average molecular weight is 355 g/mol. The van der Waals surface area contributed by atoms with Crippen molar-refractivity contribution in [1.82, 2.24) is 4.98 Å². The van der Waals surface area contributed by atoms with Crippen LogP contribution in [-0.2, 0) is 9.53 Å². The van der Waals surface area contributed by atoms with Gasteiger partial charge in [0, 0.05) is 11.2 Å². The fraction of sp³-hybridized carbons (Fsp3) is 0.133. The van der Waals surface area contributed by atoms with Crippen molar-refractivity contribution in [3.63, 3.8) is 0 Å². The maximum absolute atomic E-state index is 12.0. The van der Waals surface area contributed by atoms with Crippen LogP contribution in [0.2, 0.25) is 10.0 Å². The first-order valence-electron chi connectivity index (χ1n) is 6.53. The van der Waals surface area contributed by atoms with Gasteiger partial charge in [0.2, 0.25) is 0 Å². The fourth-order valence-electron chi connectivity index (χ4n) is 1.69. The lowest BCUT2D eigenvalue weighted by atomic mass is 10.2. The number of aromatic amines is 1. The van der Waals surface area contributed by atoms with Crippen molar-refractivity contribution in [2.24, 2.45) is 0 Å². The molecule has 2 rings (SSSR count). The summed E-state index contributed by atoms with van der Waals surface area (Å²) < 4.78 is 4.97. The topological polar surface area (TPSA) is 88.3 Å². The molecular weight excluding hydrogens is 343 g/mol. The molecule has 8 heteroatoms. The summed E-state index contributed by atoms with van der Waals surface area (Å²) >= 11 is 11.7. The minimum absolute atomic E-state index is 0.184. The second-order valence-electron chi connectivity index (χ2n) is 4.57. The third-order valence-electron chi connectivity index (χ3n) is 2.88. The van der Waals surface area contributed by atoms with Gasteiger partial charge in [-0.2, -0.15) is 0 Å². The summed E-state index contributed by atoms with van der Waals surface area (Å²) in [6.45, 7) is 1.38. The zero-order chi connectivity index (χ0) is 17.0. The highest BCUT2D eigenvalue weighted by Crippen LogP contribution is 2.25. The van der Waals surface area contributed by atoms with Gasteiger partial charge in [0.1, 0.15) is 5.56 Å². The van der Waals surface area contributed by atoms with E-state index < -0.39 is 23.5 Å². The van der Waals surface area contributed by atoms with E-state index in [2.05, 4.69) is 10.3 Å². The van der Waals surface area contributed by atoms with E-state index in [1.165, 1.54) is 37.4 Å². The Labute approximate surface area is 141 Å². The molecule has 0 aliphatic heterocycles. The highest BCUT2D eigenvalue weighted by atomic mass is 35.5. The van der Waals surface area contributed by atoms with Gasteiger partial charge in [-0.25, -0.2) is 4.79 Å². The van der Waals surface area contributed by atoms with Gasteiger partial charge in [0.25, 0.3) is 11.5 Å². The number of hydrogen-bond acceptors (Lipinski definition) is 4. The molecule has 1 heterocycles. The van der Waals surface area contributed by atoms with Gasteiger partial charge in [0.05, 0.1) is 10.7 Å². The summed E-state index contributed by atoms with van der Waals surface area (Å²) in [7, 11) is 0. The molecule has 2 aromatic rings. The van der Waals surface area contributed by atoms with Crippen molar-refractivity contribution in [2.45, 2.75) is 13.0 Å². The van der Waals surface area contributed by atoms with Crippen molar-refractivity contribution in [3.8, 4) is 0 Å². The Morgan fingerprint density at radius 1 is 1.26 bits per heavy atom. The summed E-state index contributed by atoms with van der Waals surface area (Å²) in [6, 6.07) is 7.35. The van der Waals surface area contributed by atoms with Crippen LogP contribution in [-0.4, -0.2) is 23.0 Å². The Kier molecular flexibility index (Phi) is 5.41. The van der Waals surface area contributed by atoms with E-state index in [0.29, 0.717) is 10.7 Å². The van der Waals surface area contributed by atoms with Crippen LogP contribution in [0.4, 0.5) is 5.69 Å². The maximum Gasteiger partial charge on any atom is 0.344 e. The lowest BCUT2D eigenvalue weighted by Crippen LogP contribution is -2.31. The molecule has 120 valence electrons. The molecular formula is C15H12Cl2N2O4. The number of carbonyl (C=O) groups is 2. The average Bonchev–Trinajstić information content (AvgIpc) is 2.50. The molecule has 0 fully saturated rings. The largest absolute Gasteiger partial charge is 0.449 e. The molecule has 1 aromatic carbocycles. The number of nitrogens with one attached hydrogen (secondary N) is 2. The molecule has 0 aliphatic carbocycles. The van der Waals surface area contributed by atoms with Gasteiger partial charge in [0.15, 0.2) is 6.10 Å². The number of ether oxygens (including phenoxy) is 1. The van der Waals surface area contributed by atoms with Gasteiger partial charge in [-0.15, -0.1) is 0 Å². The number of anilines is 1. The lowest BCUT2D eigenvalue weighted by molar-refractivity contribution is -0.123. The second kappa shape index (κ2) is 7.30. The van der Waals surface area contributed by atoms with Gasteiger partial charge >= 0.3 is 5.97 Å². The first-order valence-corrected chi connectivity index (χ1v) is 7.28. The van der Waals surface area contributed by atoms with Crippen LogP contribution >= 0.6 is 23.2 Å². The van der Waals surface area contributed by atoms with Crippen LogP contribution in [0.1, 0.15) is 17.3 Å². The number of aromatic nitrogens is 1. The van der Waals surface area contributed by atoms with E-state index in [0.717, 1.165) is 0 Å². The molecule has 0 bridgehead atoms. The highest BCUT2D eigenvalue weighted by molar-refractivity contribution is 6.36. The zero-order valence-electron chi connectivity index (χ0n) is 11.9. The first-order chi connectivity index (χ1) is 10.9. The van der Waals surface area contributed by atoms with Crippen LogP contribution < -0.4 is 10.9 Å². The van der Waals surface area contributed by atoms with E-state index in [-0.39, 0.29) is 10.6 Å². The van der Waals surface area contributed by atoms with Crippen LogP contribution in [0.15, 0.2) is 41.3 Å². The van der Waals surface area contributed by atoms with Crippen molar-refractivity contribution in [3.05, 3.63) is 62.5 Å². The van der Waals surface area contributed by atoms with Crippen molar-refractivity contribution < 1.29 is 14.3 Å². The Balaban J connectivity index is 2.04. The molecule has 0 saturated carbocycles. The van der Waals surface area contributed by atoms with E-state index >= 15 is 0 Å². The highest BCUT2D eigenvalue weighted by Gasteiger charge is 2.21. The molecule has 1 aromatic heterocycles. The summed E-state index contributed by atoms with van der Waals surface area (Å²) in [6.07, 6.45) is 0.270. The molecule has 0 aliphatic rings. The molecule has 1 amide bonds. The lowest BCUT2D eigenvalue weighted by Gasteiger charge is -2.14. The number of esters is 1. The van der Waals surface area contributed by atoms with E-state index in [1.807, 2.05) is 0 Å². The van der Waals surface area contributed by atoms with Gasteiger partial charge in [-0.1, -0.05) is 23.2 Å². The molecule has 0 saturated heterocycles. The quantitative estimate of drug-likeness (QED) is 0.826. The van der Waals surface area contributed by atoms with Crippen molar-refractivity contribution in [2.75, 3.05) is 5.32 Å². The summed E-state index contributed by atoms with van der Waals surface area (Å²) in [5.41, 5.74) is -0.441.